The third-order valence-electron chi connectivity index (χ3n) is 6.17. The maximum absolute atomic E-state index is 14.1. The molecule has 1 unspecified atom stereocenters. The first-order valence-electron chi connectivity index (χ1n) is 11.6. The molecule has 10 heteroatoms. The normalized spacial score (nSPS) is 16.8. The lowest BCUT2D eigenvalue weighted by molar-refractivity contribution is -0.132. The number of halogens is 2. The quantitative estimate of drug-likeness (QED) is 0.0835. The first-order chi connectivity index (χ1) is 18.2. The highest BCUT2D eigenvalue weighted by Gasteiger charge is 2.48. The van der Waals surface area contributed by atoms with E-state index >= 15 is 0 Å². The molecule has 1 N–H and O–H groups in total. The summed E-state index contributed by atoms with van der Waals surface area (Å²) in [6, 6.07) is 18.4. The Morgan fingerprint density at radius 3 is 2.63 bits per heavy atom. The van der Waals surface area contributed by atoms with Crippen molar-refractivity contribution in [3.05, 3.63) is 110 Å². The molecule has 0 saturated carbocycles. The monoisotopic (exact) mass is 609 g/mol. The van der Waals surface area contributed by atoms with Crippen LogP contribution in [0.3, 0.4) is 0 Å². The fourth-order valence-electron chi connectivity index (χ4n) is 4.27. The van der Waals surface area contributed by atoms with Crippen LogP contribution in [0, 0.1) is 19.7 Å². The highest BCUT2D eigenvalue weighted by Crippen LogP contribution is 2.44. The number of benzene rings is 3. The van der Waals surface area contributed by atoms with Crippen molar-refractivity contribution < 1.29 is 19.1 Å². The maximum atomic E-state index is 14.1. The Morgan fingerprint density at radius 2 is 1.87 bits per heavy atom. The Bertz CT molecular complexity index is 1600. The number of anilines is 1. The van der Waals surface area contributed by atoms with Crippen LogP contribution < -0.4 is 4.90 Å². The van der Waals surface area contributed by atoms with Gasteiger partial charge in [0.15, 0.2) is 4.34 Å². The molecule has 1 fully saturated rings. The third kappa shape index (κ3) is 5.03. The molecule has 1 aromatic heterocycles. The highest BCUT2D eigenvalue weighted by molar-refractivity contribution is 9.10. The zero-order chi connectivity index (χ0) is 27.0. The second-order valence-electron chi connectivity index (χ2n) is 8.77. The number of aryl methyl sites for hydroxylation is 2. The zero-order valence-corrected chi connectivity index (χ0v) is 23.5. The molecule has 5 rings (SSSR count). The molecule has 0 aliphatic carbocycles. The van der Waals surface area contributed by atoms with Gasteiger partial charge in [-0.1, -0.05) is 87.1 Å². The van der Waals surface area contributed by atoms with Gasteiger partial charge in [0.2, 0.25) is 5.13 Å². The first kappa shape index (κ1) is 26.3. The Balaban J connectivity index is 1.58. The van der Waals surface area contributed by atoms with Crippen molar-refractivity contribution in [3.8, 4) is 0 Å². The Kier molecular flexibility index (Phi) is 7.47. The zero-order valence-electron chi connectivity index (χ0n) is 20.3. The molecule has 1 aliphatic heterocycles. The summed E-state index contributed by atoms with van der Waals surface area (Å²) in [5.41, 5.74) is 3.30. The number of carbonyl (C=O) groups is 2. The van der Waals surface area contributed by atoms with E-state index in [-0.39, 0.29) is 22.3 Å². The number of Topliss-reactive ketones (excluding diaryl/α,β-unsaturated/α-hetero) is 1. The Hall–Kier alpha value is -3.34. The topological polar surface area (TPSA) is 83.4 Å². The molecule has 2 heterocycles. The van der Waals surface area contributed by atoms with Crippen LogP contribution in [0.1, 0.15) is 33.9 Å². The van der Waals surface area contributed by atoms with Crippen molar-refractivity contribution >= 4 is 61.6 Å². The average Bonchev–Trinajstić information content (AvgIpc) is 3.46. The van der Waals surface area contributed by atoms with Gasteiger partial charge in [-0.05, 0) is 54.8 Å². The Morgan fingerprint density at radius 1 is 1.08 bits per heavy atom. The summed E-state index contributed by atoms with van der Waals surface area (Å²) in [5, 5.41) is 20.0. The van der Waals surface area contributed by atoms with Gasteiger partial charge in [0, 0.05) is 15.8 Å². The second-order valence-corrected chi connectivity index (χ2v) is 11.9. The minimum absolute atomic E-state index is 0.0161. The molecular weight excluding hydrogens is 589 g/mol. The van der Waals surface area contributed by atoms with Crippen molar-refractivity contribution in [1.82, 2.24) is 10.2 Å². The van der Waals surface area contributed by atoms with Crippen LogP contribution in [0.25, 0.3) is 5.76 Å². The number of nitrogens with zero attached hydrogens (tertiary/aromatic N) is 3. The standard InChI is InChI=1S/C28H21BrFN3O3S2/c1-15-10-11-16(2)20(12-15)24(34)22-23(17-7-5-8-19(29)13-17)33(26(36)25(22)35)27-31-32-28(38-27)37-14-18-6-3-4-9-21(18)30/h3-13,23,34H,14H2,1-2H3. The van der Waals surface area contributed by atoms with E-state index in [2.05, 4.69) is 26.1 Å². The minimum Gasteiger partial charge on any atom is -0.507 e. The number of hydrogen-bond donors (Lipinski definition) is 1. The number of hydrogen-bond acceptors (Lipinski definition) is 7. The van der Waals surface area contributed by atoms with Gasteiger partial charge in [0.25, 0.3) is 5.78 Å². The molecule has 38 heavy (non-hydrogen) atoms. The molecule has 1 atom stereocenters. The highest BCUT2D eigenvalue weighted by atomic mass is 79.9. The molecule has 0 bridgehead atoms. The molecule has 0 spiro atoms. The lowest BCUT2D eigenvalue weighted by Crippen LogP contribution is -2.29. The van der Waals surface area contributed by atoms with E-state index in [0.29, 0.717) is 26.8 Å². The second kappa shape index (κ2) is 10.8. The van der Waals surface area contributed by atoms with Crippen molar-refractivity contribution in [1.29, 1.82) is 0 Å². The van der Waals surface area contributed by atoms with E-state index in [4.69, 9.17) is 0 Å². The van der Waals surface area contributed by atoms with E-state index in [1.807, 2.05) is 32.0 Å². The predicted octanol–water partition coefficient (Wildman–Crippen LogP) is 6.98. The number of carbonyl (C=O) groups excluding carboxylic acids is 2. The van der Waals surface area contributed by atoms with Crippen LogP contribution in [0.15, 0.2) is 81.1 Å². The number of rotatable bonds is 6. The van der Waals surface area contributed by atoms with Gasteiger partial charge in [-0.3, -0.25) is 14.5 Å². The fourth-order valence-corrected chi connectivity index (χ4v) is 6.54. The van der Waals surface area contributed by atoms with Gasteiger partial charge < -0.3 is 5.11 Å². The van der Waals surface area contributed by atoms with Crippen LogP contribution in [0.4, 0.5) is 9.52 Å². The molecule has 6 nitrogen and oxygen atoms in total. The molecule has 1 amide bonds. The molecule has 1 aliphatic rings. The average molecular weight is 611 g/mol. The van der Waals surface area contributed by atoms with Crippen molar-refractivity contribution in [2.75, 3.05) is 4.90 Å². The summed E-state index contributed by atoms with van der Waals surface area (Å²) in [6.45, 7) is 3.73. The summed E-state index contributed by atoms with van der Waals surface area (Å²) in [7, 11) is 0. The van der Waals surface area contributed by atoms with E-state index < -0.39 is 17.7 Å². The number of ketones is 1. The lowest BCUT2D eigenvalue weighted by Gasteiger charge is -2.23. The van der Waals surface area contributed by atoms with Crippen LogP contribution in [-0.2, 0) is 15.3 Å². The number of aliphatic hydroxyl groups excluding tert-OH is 1. The summed E-state index contributed by atoms with van der Waals surface area (Å²) >= 11 is 5.89. The number of aromatic nitrogens is 2. The van der Waals surface area contributed by atoms with E-state index in [0.717, 1.165) is 26.9 Å². The predicted molar refractivity (Wildman–Crippen MR) is 151 cm³/mol. The molecule has 192 valence electrons. The van der Waals surface area contributed by atoms with Gasteiger partial charge in [-0.2, -0.15) is 0 Å². The largest absolute Gasteiger partial charge is 0.507 e. The molecule has 4 aromatic rings. The third-order valence-corrected chi connectivity index (χ3v) is 8.77. The molecule has 0 radical (unpaired) electrons. The van der Waals surface area contributed by atoms with Crippen LogP contribution >= 0.6 is 39.0 Å². The first-order valence-corrected chi connectivity index (χ1v) is 14.2. The van der Waals surface area contributed by atoms with Crippen LogP contribution in [-0.4, -0.2) is 27.0 Å². The van der Waals surface area contributed by atoms with Gasteiger partial charge in [-0.15, -0.1) is 10.2 Å². The summed E-state index contributed by atoms with van der Waals surface area (Å²) in [6.07, 6.45) is 0. The Labute approximate surface area is 235 Å². The van der Waals surface area contributed by atoms with E-state index in [9.17, 15) is 19.1 Å². The summed E-state index contributed by atoms with van der Waals surface area (Å²) < 4.78 is 15.3. The molecular formula is C28H21BrFN3O3S2. The number of amides is 1. The van der Waals surface area contributed by atoms with Gasteiger partial charge in [0.05, 0.1) is 11.6 Å². The van der Waals surface area contributed by atoms with Crippen LogP contribution in [0.2, 0.25) is 0 Å². The van der Waals surface area contributed by atoms with E-state index in [1.165, 1.54) is 22.7 Å². The van der Waals surface area contributed by atoms with Gasteiger partial charge >= 0.3 is 5.91 Å². The van der Waals surface area contributed by atoms with Gasteiger partial charge in [-0.25, -0.2) is 4.39 Å². The maximum Gasteiger partial charge on any atom is 0.301 e. The number of aliphatic hydroxyl groups is 1. The summed E-state index contributed by atoms with van der Waals surface area (Å²) in [4.78, 5) is 28.1. The van der Waals surface area contributed by atoms with Crippen molar-refractivity contribution in [3.63, 3.8) is 0 Å². The van der Waals surface area contributed by atoms with Gasteiger partial charge in [0.1, 0.15) is 11.6 Å². The molecule has 3 aromatic carbocycles. The lowest BCUT2D eigenvalue weighted by atomic mass is 9.93. The van der Waals surface area contributed by atoms with Crippen molar-refractivity contribution in [2.24, 2.45) is 0 Å². The number of thioether (sulfide) groups is 1. The SMILES string of the molecule is Cc1ccc(C)c(C(O)=C2C(=O)C(=O)N(c3nnc(SCc4ccccc4F)s3)C2c2cccc(Br)c2)c1. The fraction of sp³-hybridized carbons (Fsp3) is 0.143. The molecule has 1 saturated heterocycles. The van der Waals surface area contributed by atoms with Crippen molar-refractivity contribution in [2.45, 2.75) is 30.0 Å². The van der Waals surface area contributed by atoms with E-state index in [1.54, 1.807) is 42.5 Å². The minimum atomic E-state index is -0.912. The van der Waals surface area contributed by atoms with Crippen LogP contribution in [0.5, 0.6) is 0 Å². The smallest absolute Gasteiger partial charge is 0.301 e. The summed E-state index contributed by atoms with van der Waals surface area (Å²) in [5.74, 6) is -1.82.